The topological polar surface area (TPSA) is 88.3 Å². The van der Waals surface area contributed by atoms with Crippen LogP contribution >= 0.6 is 11.6 Å². The average molecular weight is 330 g/mol. The van der Waals surface area contributed by atoms with E-state index in [1.165, 1.54) is 6.20 Å². The fraction of sp³-hybridized carbons (Fsp3) is 0.0625. The summed E-state index contributed by atoms with van der Waals surface area (Å²) in [5.41, 5.74) is 2.01. The van der Waals surface area contributed by atoms with Crippen LogP contribution in [0, 0.1) is 6.92 Å². The summed E-state index contributed by atoms with van der Waals surface area (Å²) in [6.45, 7) is 1.68. The number of rotatable bonds is 4. The normalized spacial score (nSPS) is 10.5. The van der Waals surface area contributed by atoms with Crippen LogP contribution in [0.3, 0.4) is 0 Å². The number of carbonyl (C=O) groups is 1. The van der Waals surface area contributed by atoms with Crippen molar-refractivity contribution in [2.45, 2.75) is 6.92 Å². The molecular weight excluding hydrogens is 318 g/mol. The van der Waals surface area contributed by atoms with E-state index in [0.717, 1.165) is 5.56 Å². The van der Waals surface area contributed by atoms with Crippen molar-refractivity contribution in [3.63, 3.8) is 0 Å². The second kappa shape index (κ2) is 6.10. The number of halogens is 1. The molecule has 0 spiro atoms. The minimum Gasteiger partial charge on any atom is -0.477 e. The molecule has 0 amide bonds. The Morgan fingerprint density at radius 2 is 1.96 bits per heavy atom. The van der Waals surface area contributed by atoms with Gasteiger partial charge in [0, 0.05) is 10.6 Å². The van der Waals surface area contributed by atoms with Crippen molar-refractivity contribution in [3.8, 4) is 11.3 Å². The number of oxazole rings is 1. The summed E-state index contributed by atoms with van der Waals surface area (Å²) in [5.74, 6) is -0.466. The quantitative estimate of drug-likeness (QED) is 0.747. The Kier molecular flexibility index (Phi) is 3.99. The summed E-state index contributed by atoms with van der Waals surface area (Å²) in [6.07, 6.45) is 3.01. The molecule has 0 atom stereocenters. The molecule has 0 aliphatic rings. The first-order valence-electron chi connectivity index (χ1n) is 6.71. The van der Waals surface area contributed by atoms with Crippen LogP contribution in [0.5, 0.6) is 0 Å². The lowest BCUT2D eigenvalue weighted by Gasteiger charge is -2.04. The number of pyridine rings is 1. The number of nitrogens with zero attached hydrogens (tertiary/aromatic N) is 2. The molecule has 6 nitrogen and oxygen atoms in total. The zero-order valence-corrected chi connectivity index (χ0v) is 12.8. The third kappa shape index (κ3) is 3.32. The van der Waals surface area contributed by atoms with Crippen molar-refractivity contribution in [3.05, 3.63) is 59.0 Å². The van der Waals surface area contributed by atoms with Crippen LogP contribution in [0.15, 0.2) is 47.1 Å². The molecular formula is C16H12ClN3O3. The molecule has 2 heterocycles. The number of hydrogen-bond acceptors (Lipinski definition) is 5. The fourth-order valence-electron chi connectivity index (χ4n) is 2.07. The van der Waals surface area contributed by atoms with E-state index in [1.807, 2.05) is 12.1 Å². The van der Waals surface area contributed by atoms with Crippen LogP contribution < -0.4 is 5.32 Å². The van der Waals surface area contributed by atoms with Gasteiger partial charge in [-0.05, 0) is 42.8 Å². The third-order valence-electron chi connectivity index (χ3n) is 3.17. The predicted molar refractivity (Wildman–Crippen MR) is 86.2 cm³/mol. The Balaban J connectivity index is 1.80. The maximum Gasteiger partial charge on any atom is 0.354 e. The summed E-state index contributed by atoms with van der Waals surface area (Å²) >= 11 is 5.85. The Morgan fingerprint density at radius 3 is 2.61 bits per heavy atom. The van der Waals surface area contributed by atoms with Crippen LogP contribution in [0.4, 0.5) is 11.7 Å². The van der Waals surface area contributed by atoms with Gasteiger partial charge in [-0.25, -0.2) is 14.8 Å². The summed E-state index contributed by atoms with van der Waals surface area (Å²) in [6, 6.07) is 9.16. The molecule has 0 bridgehead atoms. The molecule has 2 N–H and O–H groups in total. The van der Waals surface area contributed by atoms with Gasteiger partial charge >= 0.3 is 5.97 Å². The lowest BCUT2D eigenvalue weighted by atomic mass is 10.2. The average Bonchev–Trinajstić information content (AvgIpc) is 2.96. The Morgan fingerprint density at radius 1 is 1.22 bits per heavy atom. The van der Waals surface area contributed by atoms with Gasteiger partial charge in [0.05, 0.1) is 18.1 Å². The minimum atomic E-state index is -1.06. The Labute approximate surface area is 136 Å². The highest BCUT2D eigenvalue weighted by atomic mass is 35.5. The van der Waals surface area contributed by atoms with Crippen LogP contribution in [0.25, 0.3) is 11.3 Å². The van der Waals surface area contributed by atoms with E-state index in [1.54, 1.807) is 31.3 Å². The van der Waals surface area contributed by atoms with Gasteiger partial charge < -0.3 is 14.8 Å². The standard InChI is InChI=1S/C16H12ClN3O3/c1-9-6-12(7-18-14(9)15(21)22)20-16-19-8-13(23-16)10-2-4-11(17)5-3-10/h2-8H,1H3,(H,19,20)(H,21,22). The molecule has 0 fully saturated rings. The first-order chi connectivity index (χ1) is 11.0. The van der Waals surface area contributed by atoms with E-state index in [0.29, 0.717) is 28.0 Å². The highest BCUT2D eigenvalue weighted by Crippen LogP contribution is 2.25. The molecule has 0 saturated heterocycles. The minimum absolute atomic E-state index is 0.0183. The molecule has 3 rings (SSSR count). The van der Waals surface area contributed by atoms with Crippen molar-refractivity contribution in [2.75, 3.05) is 5.32 Å². The van der Waals surface area contributed by atoms with Gasteiger partial charge in [0.2, 0.25) is 0 Å². The molecule has 0 radical (unpaired) electrons. The van der Waals surface area contributed by atoms with Crippen LogP contribution in [-0.4, -0.2) is 21.0 Å². The summed E-state index contributed by atoms with van der Waals surface area (Å²) < 4.78 is 5.62. The summed E-state index contributed by atoms with van der Waals surface area (Å²) in [5, 5.41) is 12.6. The number of hydrogen-bond donors (Lipinski definition) is 2. The smallest absolute Gasteiger partial charge is 0.354 e. The number of aryl methyl sites for hydroxylation is 1. The molecule has 2 aromatic heterocycles. The van der Waals surface area contributed by atoms with E-state index in [9.17, 15) is 4.79 Å². The van der Waals surface area contributed by atoms with E-state index < -0.39 is 5.97 Å². The molecule has 0 aliphatic heterocycles. The number of carboxylic acid groups (broad SMARTS) is 1. The number of anilines is 2. The largest absolute Gasteiger partial charge is 0.477 e. The van der Waals surface area contributed by atoms with Gasteiger partial charge in [-0.3, -0.25) is 0 Å². The van der Waals surface area contributed by atoms with Crippen molar-refractivity contribution in [2.24, 2.45) is 0 Å². The molecule has 7 heteroatoms. The lowest BCUT2D eigenvalue weighted by Crippen LogP contribution is -2.04. The number of carboxylic acids is 1. The van der Waals surface area contributed by atoms with Crippen molar-refractivity contribution in [1.29, 1.82) is 0 Å². The second-order valence-electron chi connectivity index (χ2n) is 4.86. The molecule has 3 aromatic rings. The zero-order valence-electron chi connectivity index (χ0n) is 12.1. The van der Waals surface area contributed by atoms with E-state index >= 15 is 0 Å². The number of nitrogens with one attached hydrogen (secondary N) is 1. The lowest BCUT2D eigenvalue weighted by molar-refractivity contribution is 0.0689. The monoisotopic (exact) mass is 329 g/mol. The number of aromatic nitrogens is 2. The van der Waals surface area contributed by atoms with Crippen molar-refractivity contribution >= 4 is 29.3 Å². The number of benzene rings is 1. The first-order valence-corrected chi connectivity index (χ1v) is 7.09. The molecule has 0 unspecified atom stereocenters. The zero-order chi connectivity index (χ0) is 16.4. The molecule has 0 aliphatic carbocycles. The fourth-order valence-corrected chi connectivity index (χ4v) is 2.20. The van der Waals surface area contributed by atoms with Crippen LogP contribution in [0.1, 0.15) is 16.1 Å². The van der Waals surface area contributed by atoms with Gasteiger partial charge in [-0.15, -0.1) is 0 Å². The maximum atomic E-state index is 11.0. The van der Waals surface area contributed by atoms with Gasteiger partial charge in [0.15, 0.2) is 11.5 Å². The van der Waals surface area contributed by atoms with Crippen LogP contribution in [0.2, 0.25) is 5.02 Å². The Bertz CT molecular complexity index is 859. The predicted octanol–water partition coefficient (Wildman–Crippen LogP) is 4.14. The van der Waals surface area contributed by atoms with Gasteiger partial charge in [-0.1, -0.05) is 11.6 Å². The SMILES string of the molecule is Cc1cc(Nc2ncc(-c3ccc(Cl)cc3)o2)cnc1C(=O)O. The third-order valence-corrected chi connectivity index (χ3v) is 3.42. The van der Waals surface area contributed by atoms with Crippen LogP contribution in [-0.2, 0) is 0 Å². The van der Waals surface area contributed by atoms with E-state index in [4.69, 9.17) is 21.1 Å². The van der Waals surface area contributed by atoms with E-state index in [-0.39, 0.29) is 5.69 Å². The molecule has 116 valence electrons. The summed E-state index contributed by atoms with van der Waals surface area (Å²) in [4.78, 5) is 19.0. The Hall–Kier alpha value is -2.86. The highest BCUT2D eigenvalue weighted by molar-refractivity contribution is 6.30. The molecule has 23 heavy (non-hydrogen) atoms. The summed E-state index contributed by atoms with van der Waals surface area (Å²) in [7, 11) is 0. The van der Waals surface area contributed by atoms with E-state index in [2.05, 4.69) is 15.3 Å². The van der Waals surface area contributed by atoms with Crippen molar-refractivity contribution < 1.29 is 14.3 Å². The van der Waals surface area contributed by atoms with Gasteiger partial charge in [0.25, 0.3) is 6.01 Å². The number of aromatic carboxylic acids is 1. The first kappa shape index (κ1) is 15.1. The van der Waals surface area contributed by atoms with Gasteiger partial charge in [0.1, 0.15) is 0 Å². The molecule has 1 aromatic carbocycles. The maximum absolute atomic E-state index is 11.0. The highest BCUT2D eigenvalue weighted by Gasteiger charge is 2.11. The van der Waals surface area contributed by atoms with Gasteiger partial charge in [-0.2, -0.15) is 0 Å². The molecule has 0 saturated carbocycles. The second-order valence-corrected chi connectivity index (χ2v) is 5.29. The van der Waals surface area contributed by atoms with Crippen molar-refractivity contribution in [1.82, 2.24) is 9.97 Å².